The van der Waals surface area contributed by atoms with Gasteiger partial charge in [0.15, 0.2) is 0 Å². The summed E-state index contributed by atoms with van der Waals surface area (Å²) in [6.45, 7) is 0.498. The van der Waals surface area contributed by atoms with Gasteiger partial charge in [0.1, 0.15) is 5.82 Å². The smallest absolute Gasteiger partial charge is 0.337 e. The van der Waals surface area contributed by atoms with E-state index in [-0.39, 0.29) is 11.3 Å². The molecule has 0 bridgehead atoms. The van der Waals surface area contributed by atoms with Crippen molar-refractivity contribution in [3.05, 3.63) is 39.2 Å². The van der Waals surface area contributed by atoms with Crippen molar-refractivity contribution in [3.63, 3.8) is 0 Å². The molecule has 0 unspecified atom stereocenters. The topological polar surface area (TPSA) is 88.2 Å². The number of rotatable bonds is 4. The van der Waals surface area contributed by atoms with Crippen molar-refractivity contribution < 1.29 is 9.90 Å². The number of nitrogens with zero attached hydrogens (tertiary/aromatic N) is 1. The molecule has 2 aromatic rings. The zero-order valence-corrected chi connectivity index (χ0v) is 10.8. The molecule has 0 aliphatic heterocycles. The van der Waals surface area contributed by atoms with E-state index in [1.807, 2.05) is 6.07 Å². The number of nitrogen functional groups attached to an aromatic ring is 1. The van der Waals surface area contributed by atoms with Gasteiger partial charge in [-0.25, -0.2) is 9.78 Å². The summed E-state index contributed by atoms with van der Waals surface area (Å²) in [5, 5.41) is 11.9. The Morgan fingerprint density at radius 2 is 2.28 bits per heavy atom. The summed E-state index contributed by atoms with van der Waals surface area (Å²) in [5.41, 5.74) is 5.90. The van der Waals surface area contributed by atoms with Gasteiger partial charge >= 0.3 is 5.97 Å². The zero-order valence-electron chi connectivity index (χ0n) is 9.18. The first-order valence-electron chi connectivity index (χ1n) is 5.04. The number of hydrogen-bond acceptors (Lipinski definition) is 5. The van der Waals surface area contributed by atoms with E-state index in [0.717, 1.165) is 4.88 Å². The predicted molar refractivity (Wildman–Crippen MR) is 72.3 cm³/mol. The molecule has 0 aromatic carbocycles. The van der Waals surface area contributed by atoms with Gasteiger partial charge in [-0.05, 0) is 18.2 Å². The Kier molecular flexibility index (Phi) is 3.69. The predicted octanol–water partition coefficient (Wildman–Crippen LogP) is 2.69. The number of nitrogens with one attached hydrogen (secondary N) is 1. The molecule has 2 heterocycles. The summed E-state index contributed by atoms with van der Waals surface area (Å²) in [6, 6.07) is 5.05. The van der Waals surface area contributed by atoms with Crippen LogP contribution in [0.3, 0.4) is 0 Å². The first-order valence-corrected chi connectivity index (χ1v) is 6.23. The molecule has 94 valence electrons. The third kappa shape index (κ3) is 2.72. The monoisotopic (exact) mass is 283 g/mol. The summed E-state index contributed by atoms with van der Waals surface area (Å²) < 4.78 is 0.701. The third-order valence-electron chi connectivity index (χ3n) is 2.28. The number of nitrogens with two attached hydrogens (primary N) is 1. The van der Waals surface area contributed by atoms with E-state index >= 15 is 0 Å². The third-order valence-corrected chi connectivity index (χ3v) is 3.51. The number of carboxylic acid groups (broad SMARTS) is 1. The number of carbonyl (C=O) groups is 1. The molecule has 0 amide bonds. The lowest BCUT2D eigenvalue weighted by molar-refractivity contribution is 0.0698. The normalized spacial score (nSPS) is 10.3. The van der Waals surface area contributed by atoms with Crippen molar-refractivity contribution in [1.29, 1.82) is 0 Å². The largest absolute Gasteiger partial charge is 0.478 e. The molecule has 5 nitrogen and oxygen atoms in total. The van der Waals surface area contributed by atoms with Gasteiger partial charge in [-0.3, -0.25) is 0 Å². The lowest BCUT2D eigenvalue weighted by atomic mass is 10.2. The van der Waals surface area contributed by atoms with Crippen LogP contribution in [0.15, 0.2) is 24.4 Å². The van der Waals surface area contributed by atoms with E-state index < -0.39 is 5.97 Å². The molecule has 0 saturated carbocycles. The Morgan fingerprint density at radius 3 is 2.89 bits per heavy atom. The molecule has 0 atom stereocenters. The fraction of sp³-hybridized carbons (Fsp3) is 0.0909. The van der Waals surface area contributed by atoms with Crippen LogP contribution < -0.4 is 11.1 Å². The fourth-order valence-corrected chi connectivity index (χ4v) is 2.45. The molecule has 18 heavy (non-hydrogen) atoms. The molecule has 7 heteroatoms. The number of pyridine rings is 1. The van der Waals surface area contributed by atoms with Crippen LogP contribution >= 0.6 is 22.9 Å². The van der Waals surface area contributed by atoms with Crippen LogP contribution in [0, 0.1) is 0 Å². The van der Waals surface area contributed by atoms with Crippen LogP contribution in [0.2, 0.25) is 4.34 Å². The van der Waals surface area contributed by atoms with E-state index in [1.54, 1.807) is 6.07 Å². The lowest BCUT2D eigenvalue weighted by Gasteiger charge is -2.08. The molecule has 0 fully saturated rings. The molecule has 0 spiro atoms. The fourth-order valence-electron chi connectivity index (χ4n) is 1.42. The highest BCUT2D eigenvalue weighted by atomic mass is 35.5. The minimum absolute atomic E-state index is 0.0386. The van der Waals surface area contributed by atoms with Gasteiger partial charge in [-0.2, -0.15) is 0 Å². The average molecular weight is 284 g/mol. The number of aromatic nitrogens is 1. The molecular formula is C11H10ClN3O2S. The summed E-state index contributed by atoms with van der Waals surface area (Å²) in [4.78, 5) is 15.9. The standard InChI is InChI=1S/C11H10ClN3O2S/c12-8-2-1-6(18-8)5-15-10-9(13)7(11(16)17)3-4-14-10/h1-4H,5,13H2,(H,14,15)(H,16,17). The zero-order chi connectivity index (χ0) is 13.1. The van der Waals surface area contributed by atoms with E-state index in [1.165, 1.54) is 23.6 Å². The van der Waals surface area contributed by atoms with Gasteiger partial charge in [0.25, 0.3) is 0 Å². The first kappa shape index (κ1) is 12.7. The Morgan fingerprint density at radius 1 is 1.50 bits per heavy atom. The highest BCUT2D eigenvalue weighted by Crippen LogP contribution is 2.24. The Labute approximate surface area is 112 Å². The number of carboxylic acids is 1. The van der Waals surface area contributed by atoms with E-state index in [2.05, 4.69) is 10.3 Å². The first-order chi connectivity index (χ1) is 8.58. The molecule has 0 aliphatic carbocycles. The van der Waals surface area contributed by atoms with Crippen LogP contribution in [0.1, 0.15) is 15.2 Å². The molecule has 0 saturated heterocycles. The lowest BCUT2D eigenvalue weighted by Crippen LogP contribution is -2.08. The average Bonchev–Trinajstić information content (AvgIpc) is 2.73. The molecular weight excluding hydrogens is 274 g/mol. The molecule has 2 rings (SSSR count). The van der Waals surface area contributed by atoms with Crippen molar-refractivity contribution in [2.24, 2.45) is 0 Å². The van der Waals surface area contributed by atoms with Crippen LogP contribution in [0.25, 0.3) is 0 Å². The van der Waals surface area contributed by atoms with Crippen molar-refractivity contribution in [1.82, 2.24) is 4.98 Å². The highest BCUT2D eigenvalue weighted by Gasteiger charge is 2.12. The van der Waals surface area contributed by atoms with Crippen LogP contribution in [-0.4, -0.2) is 16.1 Å². The quantitative estimate of drug-likeness (QED) is 0.803. The summed E-state index contributed by atoms with van der Waals surface area (Å²) in [7, 11) is 0. The summed E-state index contributed by atoms with van der Waals surface area (Å²) in [6.07, 6.45) is 1.41. The summed E-state index contributed by atoms with van der Waals surface area (Å²) in [5.74, 6) is -0.712. The van der Waals surface area contributed by atoms with Gasteiger partial charge < -0.3 is 16.2 Å². The second-order valence-electron chi connectivity index (χ2n) is 3.49. The number of thiophene rings is 1. The molecule has 0 radical (unpaired) electrons. The van der Waals surface area contributed by atoms with Gasteiger partial charge in [0, 0.05) is 11.1 Å². The van der Waals surface area contributed by atoms with Crippen molar-refractivity contribution in [2.45, 2.75) is 6.54 Å². The molecule has 4 N–H and O–H groups in total. The Hall–Kier alpha value is -1.79. The SMILES string of the molecule is Nc1c(C(=O)O)ccnc1NCc1ccc(Cl)s1. The maximum atomic E-state index is 10.9. The number of aromatic carboxylic acids is 1. The van der Waals surface area contributed by atoms with Gasteiger partial charge in [-0.1, -0.05) is 11.6 Å². The Balaban J connectivity index is 2.14. The van der Waals surface area contributed by atoms with Crippen molar-refractivity contribution in [3.8, 4) is 0 Å². The maximum absolute atomic E-state index is 10.9. The number of hydrogen-bond donors (Lipinski definition) is 3. The van der Waals surface area contributed by atoms with Crippen LogP contribution in [0.4, 0.5) is 11.5 Å². The summed E-state index contributed by atoms with van der Waals surface area (Å²) >= 11 is 7.25. The van der Waals surface area contributed by atoms with E-state index in [9.17, 15) is 4.79 Å². The Bertz CT molecular complexity index is 585. The minimum Gasteiger partial charge on any atom is -0.478 e. The van der Waals surface area contributed by atoms with E-state index in [0.29, 0.717) is 16.7 Å². The van der Waals surface area contributed by atoms with Gasteiger partial charge in [0.2, 0.25) is 0 Å². The number of anilines is 2. The van der Waals surface area contributed by atoms with Crippen molar-refractivity contribution in [2.75, 3.05) is 11.1 Å². The molecule has 0 aliphatic rings. The molecule has 2 aromatic heterocycles. The number of halogens is 1. The van der Waals surface area contributed by atoms with Gasteiger partial charge in [-0.15, -0.1) is 11.3 Å². The van der Waals surface area contributed by atoms with Crippen molar-refractivity contribution >= 4 is 40.4 Å². The van der Waals surface area contributed by atoms with Crippen LogP contribution in [0.5, 0.6) is 0 Å². The van der Waals surface area contributed by atoms with E-state index in [4.69, 9.17) is 22.4 Å². The van der Waals surface area contributed by atoms with Gasteiger partial charge in [0.05, 0.1) is 22.1 Å². The minimum atomic E-state index is -1.07. The highest BCUT2D eigenvalue weighted by molar-refractivity contribution is 7.16. The second-order valence-corrected chi connectivity index (χ2v) is 5.28. The maximum Gasteiger partial charge on any atom is 0.337 e. The van der Waals surface area contributed by atoms with Crippen LogP contribution in [-0.2, 0) is 6.54 Å². The second kappa shape index (κ2) is 5.24.